The predicted octanol–water partition coefficient (Wildman–Crippen LogP) is 2.88. The van der Waals surface area contributed by atoms with E-state index in [1.807, 2.05) is 12.1 Å². The first kappa shape index (κ1) is 19.9. The van der Waals surface area contributed by atoms with Crippen LogP contribution in [0.25, 0.3) is 0 Å². The maximum absolute atomic E-state index is 13.0. The fourth-order valence-corrected chi connectivity index (χ4v) is 3.37. The van der Waals surface area contributed by atoms with Crippen LogP contribution in [0.2, 0.25) is 0 Å². The topological polar surface area (TPSA) is 35.6 Å². The Morgan fingerprint density at radius 1 is 1.32 bits per heavy atom. The van der Waals surface area contributed by atoms with E-state index in [4.69, 9.17) is 0 Å². The Kier molecular flexibility index (Phi) is 6.96. The largest absolute Gasteiger partial charge is 0.351 e. The van der Waals surface area contributed by atoms with Gasteiger partial charge in [-0.25, -0.2) is 4.39 Å². The summed E-state index contributed by atoms with van der Waals surface area (Å²) in [5.41, 5.74) is 0.920. The van der Waals surface area contributed by atoms with Crippen molar-refractivity contribution in [2.24, 2.45) is 5.92 Å². The lowest BCUT2D eigenvalue weighted by Crippen LogP contribution is -2.46. The molecule has 2 rings (SSSR count). The van der Waals surface area contributed by atoms with Gasteiger partial charge in [-0.2, -0.15) is 0 Å². The van der Waals surface area contributed by atoms with E-state index < -0.39 is 0 Å². The number of halogens is 1. The van der Waals surface area contributed by atoms with Crippen LogP contribution in [0, 0.1) is 11.7 Å². The Morgan fingerprint density at radius 2 is 2.00 bits per heavy atom. The van der Waals surface area contributed by atoms with Gasteiger partial charge in [0.2, 0.25) is 5.91 Å². The van der Waals surface area contributed by atoms with Crippen LogP contribution < -0.4 is 5.32 Å². The highest BCUT2D eigenvalue weighted by atomic mass is 19.1. The zero-order chi connectivity index (χ0) is 18.4. The standard InChI is InChI=1S/C20H32FN3O/c1-20(2,11-5-12-23(3)4)22-19(25)17-10-13-24(15-17)14-16-6-8-18(21)9-7-16/h6-9,17H,5,10-15H2,1-4H3,(H,22,25). The average Bonchev–Trinajstić information content (AvgIpc) is 2.97. The second-order valence-corrected chi connectivity index (χ2v) is 8.13. The van der Waals surface area contributed by atoms with E-state index in [1.54, 1.807) is 0 Å². The molecule has 1 aromatic carbocycles. The van der Waals surface area contributed by atoms with Gasteiger partial charge >= 0.3 is 0 Å². The highest BCUT2D eigenvalue weighted by molar-refractivity contribution is 5.79. The lowest BCUT2D eigenvalue weighted by Gasteiger charge is -2.28. The maximum Gasteiger partial charge on any atom is 0.224 e. The predicted molar refractivity (Wildman–Crippen MR) is 99.8 cm³/mol. The maximum atomic E-state index is 13.0. The minimum Gasteiger partial charge on any atom is -0.351 e. The van der Waals surface area contributed by atoms with Gasteiger partial charge in [0.1, 0.15) is 5.82 Å². The number of carbonyl (C=O) groups is 1. The van der Waals surface area contributed by atoms with Crippen molar-refractivity contribution in [3.05, 3.63) is 35.6 Å². The molecule has 25 heavy (non-hydrogen) atoms. The van der Waals surface area contributed by atoms with E-state index >= 15 is 0 Å². The minimum atomic E-state index is -0.209. The van der Waals surface area contributed by atoms with Crippen molar-refractivity contribution in [3.8, 4) is 0 Å². The van der Waals surface area contributed by atoms with Crippen molar-refractivity contribution in [1.29, 1.82) is 0 Å². The Labute approximate surface area is 151 Å². The van der Waals surface area contributed by atoms with Gasteiger partial charge < -0.3 is 10.2 Å². The Bertz CT molecular complexity index is 557. The third-order valence-corrected chi connectivity index (χ3v) is 4.83. The molecule has 1 unspecified atom stereocenters. The second-order valence-electron chi connectivity index (χ2n) is 8.13. The van der Waals surface area contributed by atoms with Crippen LogP contribution in [0.15, 0.2) is 24.3 Å². The Hall–Kier alpha value is -1.46. The smallest absolute Gasteiger partial charge is 0.224 e. The van der Waals surface area contributed by atoms with Crippen molar-refractivity contribution < 1.29 is 9.18 Å². The summed E-state index contributed by atoms with van der Waals surface area (Å²) >= 11 is 0. The summed E-state index contributed by atoms with van der Waals surface area (Å²) < 4.78 is 13.0. The highest BCUT2D eigenvalue weighted by Crippen LogP contribution is 2.21. The summed E-state index contributed by atoms with van der Waals surface area (Å²) in [6.07, 6.45) is 2.94. The van der Waals surface area contributed by atoms with Crippen molar-refractivity contribution in [2.75, 3.05) is 33.7 Å². The van der Waals surface area contributed by atoms with E-state index in [0.29, 0.717) is 0 Å². The normalized spacial score (nSPS) is 18.7. The number of hydrogen-bond donors (Lipinski definition) is 1. The monoisotopic (exact) mass is 349 g/mol. The molecule has 0 aliphatic carbocycles. The molecule has 1 atom stereocenters. The number of likely N-dealkylation sites (tertiary alicyclic amines) is 1. The number of carbonyl (C=O) groups excluding carboxylic acids is 1. The molecular weight excluding hydrogens is 317 g/mol. The van der Waals surface area contributed by atoms with E-state index in [1.165, 1.54) is 12.1 Å². The van der Waals surface area contributed by atoms with Gasteiger partial charge in [-0.1, -0.05) is 12.1 Å². The van der Waals surface area contributed by atoms with E-state index in [0.717, 1.165) is 51.0 Å². The van der Waals surface area contributed by atoms with Crippen LogP contribution in [-0.2, 0) is 11.3 Å². The van der Waals surface area contributed by atoms with Gasteiger partial charge in [0, 0.05) is 18.6 Å². The second kappa shape index (κ2) is 8.77. The van der Waals surface area contributed by atoms with Crippen molar-refractivity contribution in [2.45, 2.75) is 45.2 Å². The molecule has 0 aromatic heterocycles. The average molecular weight is 349 g/mol. The highest BCUT2D eigenvalue weighted by Gasteiger charge is 2.31. The molecule has 1 heterocycles. The Balaban J connectivity index is 1.78. The molecule has 0 radical (unpaired) electrons. The van der Waals surface area contributed by atoms with Crippen LogP contribution in [0.4, 0.5) is 4.39 Å². The fraction of sp³-hybridized carbons (Fsp3) is 0.650. The molecule has 140 valence electrons. The van der Waals surface area contributed by atoms with Crippen molar-refractivity contribution >= 4 is 5.91 Å². The molecular formula is C20H32FN3O. The zero-order valence-electron chi connectivity index (χ0n) is 16.0. The molecule has 1 aliphatic heterocycles. The number of benzene rings is 1. The van der Waals surface area contributed by atoms with Crippen LogP contribution in [-0.4, -0.2) is 55.0 Å². The van der Waals surface area contributed by atoms with Crippen LogP contribution in [0.3, 0.4) is 0 Å². The third kappa shape index (κ3) is 6.75. The van der Waals surface area contributed by atoms with Gasteiger partial charge in [0.25, 0.3) is 0 Å². The first-order chi connectivity index (χ1) is 11.7. The summed E-state index contributed by atoms with van der Waals surface area (Å²) in [5, 5.41) is 3.23. The zero-order valence-corrected chi connectivity index (χ0v) is 16.0. The van der Waals surface area contributed by atoms with Gasteiger partial charge in [0.05, 0.1) is 5.92 Å². The quantitative estimate of drug-likeness (QED) is 0.784. The third-order valence-electron chi connectivity index (χ3n) is 4.83. The van der Waals surface area contributed by atoms with Gasteiger partial charge in [-0.05, 0) is 78.0 Å². The molecule has 1 amide bonds. The molecule has 0 saturated carbocycles. The first-order valence-corrected chi connectivity index (χ1v) is 9.19. The summed E-state index contributed by atoms with van der Waals surface area (Å²) in [6, 6.07) is 6.62. The lowest BCUT2D eigenvalue weighted by atomic mass is 9.96. The molecule has 1 N–H and O–H groups in total. The number of rotatable bonds is 8. The number of nitrogens with one attached hydrogen (secondary N) is 1. The molecule has 1 aliphatic rings. The molecule has 0 spiro atoms. The molecule has 5 heteroatoms. The first-order valence-electron chi connectivity index (χ1n) is 9.19. The van der Waals surface area contributed by atoms with Gasteiger partial charge in [-0.3, -0.25) is 9.69 Å². The molecule has 0 bridgehead atoms. The SMILES string of the molecule is CN(C)CCCC(C)(C)NC(=O)C1CCN(Cc2ccc(F)cc2)C1. The van der Waals surface area contributed by atoms with E-state index in [2.05, 4.69) is 43.1 Å². The number of amides is 1. The molecule has 1 aromatic rings. The van der Waals surface area contributed by atoms with Crippen LogP contribution in [0.1, 0.15) is 38.7 Å². The summed E-state index contributed by atoms with van der Waals surface area (Å²) in [6.45, 7) is 7.70. The summed E-state index contributed by atoms with van der Waals surface area (Å²) in [5.74, 6) is 0.00366. The van der Waals surface area contributed by atoms with Gasteiger partial charge in [0.15, 0.2) is 0 Å². The van der Waals surface area contributed by atoms with Gasteiger partial charge in [-0.15, -0.1) is 0 Å². The summed E-state index contributed by atoms with van der Waals surface area (Å²) in [7, 11) is 4.14. The molecule has 1 saturated heterocycles. The molecule has 1 fully saturated rings. The number of nitrogens with zero attached hydrogens (tertiary/aromatic N) is 2. The van der Waals surface area contributed by atoms with Crippen LogP contribution >= 0.6 is 0 Å². The van der Waals surface area contributed by atoms with E-state index in [9.17, 15) is 9.18 Å². The fourth-order valence-electron chi connectivity index (χ4n) is 3.37. The minimum absolute atomic E-state index is 0.0496. The van der Waals surface area contributed by atoms with Crippen molar-refractivity contribution in [1.82, 2.24) is 15.1 Å². The molecule has 4 nitrogen and oxygen atoms in total. The van der Waals surface area contributed by atoms with Crippen molar-refractivity contribution in [3.63, 3.8) is 0 Å². The lowest BCUT2D eigenvalue weighted by molar-refractivity contribution is -0.126. The van der Waals surface area contributed by atoms with E-state index in [-0.39, 0.29) is 23.2 Å². The van der Waals surface area contributed by atoms with Crippen LogP contribution in [0.5, 0.6) is 0 Å². The summed E-state index contributed by atoms with van der Waals surface area (Å²) in [4.78, 5) is 17.0. The number of hydrogen-bond acceptors (Lipinski definition) is 3. The Morgan fingerprint density at radius 3 is 2.64 bits per heavy atom.